The van der Waals surface area contributed by atoms with Crippen molar-refractivity contribution in [1.82, 2.24) is 5.32 Å². The molecule has 0 aromatic carbocycles. The first-order valence-corrected chi connectivity index (χ1v) is 7.62. The van der Waals surface area contributed by atoms with Crippen LogP contribution in [0, 0.1) is 0 Å². The molecule has 1 aliphatic rings. The second-order valence-electron chi connectivity index (χ2n) is 6.51. The van der Waals surface area contributed by atoms with Gasteiger partial charge in [-0.3, -0.25) is 0 Å². The van der Waals surface area contributed by atoms with Crippen molar-refractivity contribution in [3.63, 3.8) is 0 Å². The van der Waals surface area contributed by atoms with E-state index < -0.39 is 0 Å². The largest absolute Gasteiger partial charge is 0.374 e. The van der Waals surface area contributed by atoms with Crippen LogP contribution in [0.5, 0.6) is 0 Å². The van der Waals surface area contributed by atoms with E-state index in [0.29, 0.717) is 12.1 Å². The topological polar surface area (TPSA) is 56.5 Å². The lowest BCUT2D eigenvalue weighted by Crippen LogP contribution is -2.57. The molecule has 114 valence electrons. The highest BCUT2D eigenvalue weighted by atomic mass is 16.5. The number of hydrogen-bond acceptors (Lipinski definition) is 4. The molecule has 1 fully saturated rings. The SMILES string of the molecule is CC(C)NC1CC(OC(C)C)C(N)CC1OC(C)C. The maximum absolute atomic E-state index is 6.25. The van der Waals surface area contributed by atoms with Crippen LogP contribution >= 0.6 is 0 Å². The van der Waals surface area contributed by atoms with Crippen molar-refractivity contribution >= 4 is 0 Å². The van der Waals surface area contributed by atoms with Gasteiger partial charge in [0.2, 0.25) is 0 Å². The molecule has 0 heterocycles. The Morgan fingerprint density at radius 1 is 0.895 bits per heavy atom. The molecule has 19 heavy (non-hydrogen) atoms. The van der Waals surface area contributed by atoms with E-state index in [4.69, 9.17) is 15.2 Å². The summed E-state index contributed by atoms with van der Waals surface area (Å²) < 4.78 is 12.0. The second kappa shape index (κ2) is 7.58. The number of nitrogens with one attached hydrogen (secondary N) is 1. The molecule has 0 aliphatic heterocycles. The highest BCUT2D eigenvalue weighted by Crippen LogP contribution is 2.25. The van der Waals surface area contributed by atoms with Gasteiger partial charge in [-0.15, -0.1) is 0 Å². The molecular weight excluding hydrogens is 240 g/mol. The summed E-state index contributed by atoms with van der Waals surface area (Å²) in [4.78, 5) is 0. The summed E-state index contributed by atoms with van der Waals surface area (Å²) in [6.45, 7) is 12.6. The fourth-order valence-corrected chi connectivity index (χ4v) is 2.77. The molecule has 1 saturated carbocycles. The zero-order valence-electron chi connectivity index (χ0n) is 13.3. The number of ether oxygens (including phenoxy) is 2. The summed E-state index contributed by atoms with van der Waals surface area (Å²) in [6.07, 6.45) is 2.55. The normalized spacial score (nSPS) is 32.5. The minimum Gasteiger partial charge on any atom is -0.374 e. The lowest BCUT2D eigenvalue weighted by molar-refractivity contribution is -0.0911. The molecule has 0 saturated heterocycles. The molecule has 4 heteroatoms. The summed E-state index contributed by atoms with van der Waals surface area (Å²) in [6, 6.07) is 0.833. The van der Waals surface area contributed by atoms with Gasteiger partial charge >= 0.3 is 0 Å². The van der Waals surface area contributed by atoms with Gasteiger partial charge in [-0.1, -0.05) is 13.8 Å². The standard InChI is InChI=1S/C15H32N2O2/c1-9(2)17-13-8-14(18-10(3)4)12(16)7-15(13)19-11(5)6/h9-15,17H,7-8,16H2,1-6H3. The van der Waals surface area contributed by atoms with Crippen molar-refractivity contribution in [3.05, 3.63) is 0 Å². The summed E-state index contributed by atoms with van der Waals surface area (Å²) in [5.74, 6) is 0. The Morgan fingerprint density at radius 2 is 1.42 bits per heavy atom. The van der Waals surface area contributed by atoms with Gasteiger partial charge in [0.15, 0.2) is 0 Å². The molecule has 4 atom stereocenters. The third-order valence-electron chi connectivity index (χ3n) is 3.36. The molecule has 1 rings (SSSR count). The van der Waals surface area contributed by atoms with Gasteiger partial charge in [-0.2, -0.15) is 0 Å². The van der Waals surface area contributed by atoms with Gasteiger partial charge in [0, 0.05) is 18.1 Å². The summed E-state index contributed by atoms with van der Waals surface area (Å²) in [7, 11) is 0. The lowest BCUT2D eigenvalue weighted by atomic mass is 9.86. The number of nitrogens with two attached hydrogens (primary N) is 1. The lowest BCUT2D eigenvalue weighted by Gasteiger charge is -2.42. The molecule has 0 bridgehead atoms. The smallest absolute Gasteiger partial charge is 0.0748 e. The number of rotatable bonds is 6. The third-order valence-corrected chi connectivity index (χ3v) is 3.36. The average molecular weight is 272 g/mol. The molecule has 3 N–H and O–H groups in total. The van der Waals surface area contributed by atoms with Crippen LogP contribution in [0.2, 0.25) is 0 Å². The van der Waals surface area contributed by atoms with Crippen LogP contribution in [0.15, 0.2) is 0 Å². The zero-order valence-corrected chi connectivity index (χ0v) is 13.3. The average Bonchev–Trinajstić information content (AvgIpc) is 2.22. The minimum atomic E-state index is 0.0661. The fraction of sp³-hybridized carbons (Fsp3) is 1.00. The van der Waals surface area contributed by atoms with Crippen molar-refractivity contribution in [3.8, 4) is 0 Å². The Labute approximate surface area is 118 Å². The van der Waals surface area contributed by atoms with E-state index in [1.807, 2.05) is 0 Å². The van der Waals surface area contributed by atoms with Crippen molar-refractivity contribution < 1.29 is 9.47 Å². The summed E-state index contributed by atoms with van der Waals surface area (Å²) in [5, 5.41) is 3.60. The maximum Gasteiger partial charge on any atom is 0.0748 e. The van der Waals surface area contributed by atoms with E-state index in [1.54, 1.807) is 0 Å². The van der Waals surface area contributed by atoms with Crippen LogP contribution < -0.4 is 11.1 Å². The van der Waals surface area contributed by atoms with Crippen LogP contribution in [-0.2, 0) is 9.47 Å². The predicted molar refractivity (Wildman–Crippen MR) is 79.3 cm³/mol. The quantitative estimate of drug-likeness (QED) is 0.777. The molecule has 4 nitrogen and oxygen atoms in total. The van der Waals surface area contributed by atoms with Crippen LogP contribution in [0.25, 0.3) is 0 Å². The Morgan fingerprint density at radius 3 is 1.89 bits per heavy atom. The van der Waals surface area contributed by atoms with E-state index in [2.05, 4.69) is 46.9 Å². The van der Waals surface area contributed by atoms with Gasteiger partial charge in [-0.05, 0) is 40.5 Å². The first kappa shape index (κ1) is 16.9. The van der Waals surface area contributed by atoms with Gasteiger partial charge in [0.1, 0.15) is 0 Å². The Kier molecular flexibility index (Phi) is 6.74. The zero-order chi connectivity index (χ0) is 14.6. The van der Waals surface area contributed by atoms with Crippen LogP contribution in [0.4, 0.5) is 0 Å². The van der Waals surface area contributed by atoms with Gasteiger partial charge in [-0.25, -0.2) is 0 Å². The minimum absolute atomic E-state index is 0.0661. The predicted octanol–water partition coefficient (Wildman–Crippen LogP) is 2.06. The molecule has 0 amide bonds. The second-order valence-corrected chi connectivity index (χ2v) is 6.51. The molecule has 0 aromatic heterocycles. The monoisotopic (exact) mass is 272 g/mol. The molecule has 0 radical (unpaired) electrons. The van der Waals surface area contributed by atoms with Gasteiger partial charge < -0.3 is 20.5 Å². The van der Waals surface area contributed by atoms with Crippen LogP contribution in [0.3, 0.4) is 0 Å². The van der Waals surface area contributed by atoms with Crippen LogP contribution in [0.1, 0.15) is 54.4 Å². The Balaban J connectivity index is 2.67. The van der Waals surface area contributed by atoms with Crippen molar-refractivity contribution in [1.29, 1.82) is 0 Å². The Bertz CT molecular complexity index is 257. The molecule has 0 spiro atoms. The van der Waals surface area contributed by atoms with Gasteiger partial charge in [0.25, 0.3) is 0 Å². The Hall–Kier alpha value is -0.160. The van der Waals surface area contributed by atoms with E-state index in [9.17, 15) is 0 Å². The molecule has 0 aromatic rings. The molecule has 1 aliphatic carbocycles. The third kappa shape index (κ3) is 5.78. The van der Waals surface area contributed by atoms with E-state index >= 15 is 0 Å². The summed E-state index contributed by atoms with van der Waals surface area (Å²) >= 11 is 0. The fourth-order valence-electron chi connectivity index (χ4n) is 2.77. The molecular formula is C15H32N2O2. The van der Waals surface area contributed by atoms with Crippen molar-refractivity contribution in [2.75, 3.05) is 0 Å². The highest BCUT2D eigenvalue weighted by molar-refractivity contribution is 4.94. The maximum atomic E-state index is 6.25. The first-order chi connectivity index (χ1) is 8.79. The van der Waals surface area contributed by atoms with E-state index in [-0.39, 0.29) is 30.5 Å². The van der Waals surface area contributed by atoms with E-state index in [1.165, 1.54) is 0 Å². The van der Waals surface area contributed by atoms with Crippen LogP contribution in [-0.4, -0.2) is 42.5 Å². The van der Waals surface area contributed by atoms with Gasteiger partial charge in [0.05, 0.1) is 24.4 Å². The summed E-state index contributed by atoms with van der Waals surface area (Å²) in [5.41, 5.74) is 6.25. The molecule has 4 unspecified atom stereocenters. The van der Waals surface area contributed by atoms with Crippen molar-refractivity contribution in [2.45, 2.75) is 96.9 Å². The highest BCUT2D eigenvalue weighted by Gasteiger charge is 2.37. The number of hydrogen-bond donors (Lipinski definition) is 2. The van der Waals surface area contributed by atoms with Crippen molar-refractivity contribution in [2.24, 2.45) is 5.73 Å². The van der Waals surface area contributed by atoms with E-state index in [0.717, 1.165) is 12.8 Å². The first-order valence-electron chi connectivity index (χ1n) is 7.62.